The van der Waals surface area contributed by atoms with Crippen LogP contribution in [-0.4, -0.2) is 109 Å². The smallest absolute Gasteiger partial charge is 0.266 e. The predicted molar refractivity (Wildman–Crippen MR) is 291 cm³/mol. The van der Waals surface area contributed by atoms with E-state index >= 15 is 0 Å². The number of fused-ring (bicyclic) bond motifs is 10. The number of amides is 4. The summed E-state index contributed by atoms with van der Waals surface area (Å²) in [6, 6.07) is 0.116. The van der Waals surface area contributed by atoms with E-state index in [1.807, 2.05) is 0 Å². The first-order valence-corrected chi connectivity index (χ1v) is 33.3. The number of aliphatic hydroxyl groups is 2. The molecule has 0 bridgehead atoms. The van der Waals surface area contributed by atoms with E-state index in [1.54, 1.807) is 0 Å². The fourth-order valence-electron chi connectivity index (χ4n) is 19.8. The second kappa shape index (κ2) is 23.6. The molecule has 16 nitrogen and oxygen atoms in total. The van der Waals surface area contributed by atoms with Gasteiger partial charge in [-0.05, 0) is 215 Å². The van der Waals surface area contributed by atoms with Crippen molar-refractivity contribution in [1.29, 1.82) is 0 Å². The van der Waals surface area contributed by atoms with E-state index in [-0.39, 0.29) is 94.5 Å². The van der Waals surface area contributed by atoms with E-state index in [0.29, 0.717) is 104 Å². The molecule has 8 N–H and O–H groups in total. The van der Waals surface area contributed by atoms with Crippen molar-refractivity contribution in [2.24, 2.45) is 92.7 Å². The van der Waals surface area contributed by atoms with Crippen LogP contribution >= 0.6 is 0 Å². The molecule has 0 aliphatic heterocycles. The van der Waals surface area contributed by atoms with Crippen molar-refractivity contribution in [2.45, 2.75) is 220 Å². The lowest BCUT2D eigenvalue weighted by Gasteiger charge is -2.65. The van der Waals surface area contributed by atoms with Crippen molar-refractivity contribution in [3.63, 3.8) is 0 Å². The lowest BCUT2D eigenvalue weighted by molar-refractivity contribution is -0.190. The van der Waals surface area contributed by atoms with Gasteiger partial charge < -0.3 is 31.5 Å². The topological polar surface area (TPSA) is 266 Å². The van der Waals surface area contributed by atoms with Crippen LogP contribution in [0.2, 0.25) is 0 Å². The van der Waals surface area contributed by atoms with Gasteiger partial charge in [-0.2, -0.15) is 16.8 Å². The third kappa shape index (κ3) is 12.9. The van der Waals surface area contributed by atoms with Crippen LogP contribution in [-0.2, 0) is 39.4 Å². The predicted octanol–water partition coefficient (Wildman–Crippen LogP) is 7.62. The van der Waals surface area contributed by atoms with Gasteiger partial charge in [0.1, 0.15) is 0 Å². The Bertz CT molecular complexity index is 2320. The van der Waals surface area contributed by atoms with Crippen LogP contribution in [0.1, 0.15) is 196 Å². The summed E-state index contributed by atoms with van der Waals surface area (Å²) in [5.41, 5.74) is 0.355. The maximum atomic E-state index is 13.4. The quantitative estimate of drug-likeness (QED) is 0.0548. The van der Waals surface area contributed by atoms with Crippen LogP contribution in [0.5, 0.6) is 0 Å². The molecule has 4 amide bonds. The van der Waals surface area contributed by atoms with Crippen molar-refractivity contribution in [1.82, 2.24) is 21.3 Å². The Morgan fingerprint density at radius 1 is 0.500 bits per heavy atom. The summed E-state index contributed by atoms with van der Waals surface area (Å²) in [5, 5.41) is 36.0. The molecule has 8 unspecified atom stereocenters. The molecule has 8 aliphatic rings. The molecule has 0 heterocycles. The van der Waals surface area contributed by atoms with Crippen LogP contribution < -0.4 is 21.3 Å². The van der Waals surface area contributed by atoms with Crippen molar-refractivity contribution in [3.8, 4) is 0 Å². The summed E-state index contributed by atoms with van der Waals surface area (Å²) >= 11 is 0. The number of hydrogen-bond donors (Lipinski definition) is 8. The first-order valence-electron chi connectivity index (χ1n) is 30.0. The van der Waals surface area contributed by atoms with Crippen molar-refractivity contribution < 1.29 is 55.3 Å². The van der Waals surface area contributed by atoms with Crippen molar-refractivity contribution >= 4 is 43.9 Å². The molecule has 8 fully saturated rings. The zero-order valence-electron chi connectivity index (χ0n) is 46.9. The standard InChI is InChI=1S/C58H98N4O12S2/c1-35(13-17-49(65)59-27-29-75(69,70)71)41-9-7-10-43-53-45(21-25-57(41,43)5)55(3)23-19-39(31-37(55)33-47(53)63)61-51(67)11-8-12-52(68)62-40-20-24-56(4)38(32-40)34-48(64)54-44-16-15-42(58(44,6)26-22-46(54)56)36(2)14-18-50(66)60-28-30-76(72,73)74/h35-48,53-54,63-64H,7-34H2,1-6H3,(H,59,65)(H,60,66)(H,61,67)(H,62,68)(H,69,70,71)(H,72,73,74)/t35-,36-,37?,38?,39?,40?,41-,42-,43?,44?,45?,46?,47+,48+,53+,54+,55+,56+,57-,58-/m1/s1. The van der Waals surface area contributed by atoms with Gasteiger partial charge in [0.15, 0.2) is 0 Å². The number of carbonyl (C=O) groups is 4. The number of aliphatic hydroxyl groups excluding tert-OH is 2. The molecule has 20 atom stereocenters. The van der Waals surface area contributed by atoms with E-state index in [9.17, 15) is 46.2 Å². The van der Waals surface area contributed by atoms with E-state index in [0.717, 1.165) is 109 Å². The minimum Gasteiger partial charge on any atom is -0.393 e. The van der Waals surface area contributed by atoms with Crippen LogP contribution in [0.25, 0.3) is 0 Å². The number of rotatable bonds is 20. The summed E-state index contributed by atoms with van der Waals surface area (Å²) in [5.74, 6) is 2.92. The second-order valence-corrected chi connectivity index (χ2v) is 30.8. The van der Waals surface area contributed by atoms with Gasteiger partial charge in [0.2, 0.25) is 23.6 Å². The second-order valence-electron chi connectivity index (χ2n) is 27.6. The maximum absolute atomic E-state index is 13.4. The Labute approximate surface area is 455 Å². The van der Waals surface area contributed by atoms with Gasteiger partial charge in [0, 0.05) is 50.9 Å². The number of hydrogen-bond acceptors (Lipinski definition) is 10. The molecule has 18 heteroatoms. The molecule has 0 aromatic heterocycles. The normalized spacial score (nSPS) is 41.8. The molecule has 8 rings (SSSR count). The van der Waals surface area contributed by atoms with E-state index < -0.39 is 31.7 Å². The van der Waals surface area contributed by atoms with Crippen LogP contribution in [0.4, 0.5) is 0 Å². The summed E-state index contributed by atoms with van der Waals surface area (Å²) in [6.07, 6.45) is 19.3. The molecule has 0 radical (unpaired) electrons. The minimum atomic E-state index is -4.13. The highest BCUT2D eigenvalue weighted by Crippen LogP contribution is 2.70. The average molecular weight is 1110 g/mol. The summed E-state index contributed by atoms with van der Waals surface area (Å²) in [6.45, 7) is 14.1. The fraction of sp³-hybridized carbons (Fsp3) is 0.931. The van der Waals surface area contributed by atoms with Gasteiger partial charge in [-0.15, -0.1) is 0 Å². The van der Waals surface area contributed by atoms with Gasteiger partial charge in [-0.3, -0.25) is 28.3 Å². The Balaban J connectivity index is 0.754. The molecule has 0 aromatic rings. The number of carbonyl (C=O) groups excluding carboxylic acids is 4. The van der Waals surface area contributed by atoms with Gasteiger partial charge >= 0.3 is 0 Å². The lowest BCUT2D eigenvalue weighted by Crippen LogP contribution is -2.61. The van der Waals surface area contributed by atoms with Crippen LogP contribution in [0, 0.1) is 92.7 Å². The SMILES string of the molecule is C[C@H](CCC(=O)NCCS(=O)(=O)O)[C@H]1CCCC2[C@H]3C(CC[C@@]21C)[C@@]1(C)CCC(NC(=O)CCCC(=O)NC2CC[C@@]4(C)C(C2)C[C@H](O)[C@@H]2C4CC[C@@]4(C)C2CC[C@@H]4[C@H](C)CCC(=O)NCCS(=O)(=O)O)CC1C[C@@H]3O. The Morgan fingerprint density at radius 2 is 0.895 bits per heavy atom. The van der Waals surface area contributed by atoms with E-state index in [4.69, 9.17) is 9.11 Å². The fourth-order valence-corrected chi connectivity index (χ4v) is 20.5. The maximum Gasteiger partial charge on any atom is 0.266 e. The number of nitrogens with one attached hydrogen (secondary N) is 4. The zero-order chi connectivity index (χ0) is 55.2. The monoisotopic (exact) mass is 1110 g/mol. The molecule has 0 spiro atoms. The molecular formula is C58H98N4O12S2. The van der Waals surface area contributed by atoms with Gasteiger partial charge in [-0.25, -0.2) is 0 Å². The summed E-state index contributed by atoms with van der Waals surface area (Å²) in [4.78, 5) is 52.0. The molecule has 76 heavy (non-hydrogen) atoms. The Hall–Kier alpha value is -2.38. The van der Waals surface area contributed by atoms with Gasteiger partial charge in [0.05, 0.1) is 23.7 Å². The molecule has 8 saturated carbocycles. The van der Waals surface area contributed by atoms with E-state index in [1.165, 1.54) is 0 Å². The zero-order valence-corrected chi connectivity index (χ0v) is 48.5. The first kappa shape index (κ1) is 59.7. The van der Waals surface area contributed by atoms with Gasteiger partial charge in [0.25, 0.3) is 20.2 Å². The summed E-state index contributed by atoms with van der Waals surface area (Å²) < 4.78 is 62.3. The molecule has 0 aromatic carbocycles. The Kier molecular flexibility index (Phi) is 18.6. The first-order chi connectivity index (χ1) is 35.6. The summed E-state index contributed by atoms with van der Waals surface area (Å²) in [7, 11) is -8.25. The third-order valence-corrected chi connectivity index (χ3v) is 25.1. The highest BCUT2D eigenvalue weighted by molar-refractivity contribution is 7.86. The van der Waals surface area contributed by atoms with Crippen LogP contribution in [0.15, 0.2) is 0 Å². The van der Waals surface area contributed by atoms with Crippen LogP contribution in [0.3, 0.4) is 0 Å². The van der Waals surface area contributed by atoms with Crippen molar-refractivity contribution in [2.75, 3.05) is 24.6 Å². The Morgan fingerprint density at radius 3 is 1.33 bits per heavy atom. The van der Waals surface area contributed by atoms with E-state index in [2.05, 4.69) is 62.8 Å². The highest BCUT2D eigenvalue weighted by Gasteiger charge is 2.64. The minimum absolute atomic E-state index is 0.00766. The molecular weight excluding hydrogens is 1010 g/mol. The lowest BCUT2D eigenvalue weighted by atomic mass is 9.40. The average Bonchev–Trinajstić information content (AvgIpc) is 3.83. The molecule has 8 aliphatic carbocycles. The third-order valence-electron chi connectivity index (χ3n) is 23.7. The van der Waals surface area contributed by atoms with Gasteiger partial charge in [-0.1, -0.05) is 48.0 Å². The largest absolute Gasteiger partial charge is 0.393 e. The van der Waals surface area contributed by atoms with Crippen molar-refractivity contribution in [3.05, 3.63) is 0 Å². The molecule has 0 saturated heterocycles. The molecule has 434 valence electrons. The highest BCUT2D eigenvalue weighted by atomic mass is 32.2.